The molecule has 3 aromatic rings. The Hall–Kier alpha value is -3.08. The van der Waals surface area contributed by atoms with Gasteiger partial charge in [0.25, 0.3) is 0 Å². The molecule has 2 amide bonds. The van der Waals surface area contributed by atoms with E-state index < -0.39 is 11.4 Å². The molecule has 1 atom stereocenters. The smallest absolute Gasteiger partial charge is 0.248 e. The number of amides is 2. The molecular weight excluding hydrogens is 302 g/mol. The summed E-state index contributed by atoms with van der Waals surface area (Å²) >= 11 is 0. The van der Waals surface area contributed by atoms with Crippen LogP contribution in [-0.2, 0) is 21.5 Å². The van der Waals surface area contributed by atoms with E-state index in [1.807, 2.05) is 54.6 Å². The van der Waals surface area contributed by atoms with Gasteiger partial charge in [-0.2, -0.15) is 0 Å². The Labute approximate surface area is 139 Å². The van der Waals surface area contributed by atoms with Gasteiger partial charge in [-0.15, -0.1) is 0 Å². The highest BCUT2D eigenvalue weighted by Crippen LogP contribution is 2.32. The van der Waals surface area contributed by atoms with Gasteiger partial charge in [0, 0.05) is 36.0 Å². The first-order valence-electron chi connectivity index (χ1n) is 7.72. The normalized spacial score (nSPS) is 13.4. The van der Waals surface area contributed by atoms with Crippen LogP contribution in [0.15, 0.2) is 60.8 Å². The van der Waals surface area contributed by atoms with E-state index in [4.69, 9.17) is 5.73 Å². The van der Waals surface area contributed by atoms with Crippen LogP contribution in [-0.4, -0.2) is 16.8 Å². The summed E-state index contributed by atoms with van der Waals surface area (Å²) in [6.07, 6.45) is 2.03. The Morgan fingerprint density at radius 2 is 1.75 bits per heavy atom. The van der Waals surface area contributed by atoms with Crippen molar-refractivity contribution in [1.82, 2.24) is 10.3 Å². The molecule has 0 spiro atoms. The number of carbonyl (C=O) groups excluding carboxylic acids is 2. The minimum atomic E-state index is -1.31. The van der Waals surface area contributed by atoms with Crippen molar-refractivity contribution < 1.29 is 9.59 Å². The molecule has 0 aliphatic rings. The number of aromatic nitrogens is 1. The molecule has 1 heterocycles. The second-order valence-corrected chi connectivity index (χ2v) is 5.86. The first-order valence-corrected chi connectivity index (χ1v) is 7.72. The Morgan fingerprint density at radius 3 is 2.42 bits per heavy atom. The number of H-pyrrole nitrogens is 1. The van der Waals surface area contributed by atoms with Crippen molar-refractivity contribution in [2.75, 3.05) is 0 Å². The van der Waals surface area contributed by atoms with E-state index in [0.29, 0.717) is 5.56 Å². The molecule has 0 saturated heterocycles. The summed E-state index contributed by atoms with van der Waals surface area (Å²) in [5.41, 5.74) is 6.94. The lowest BCUT2D eigenvalue weighted by atomic mass is 9.82. The molecule has 1 aromatic heterocycles. The minimum Gasteiger partial charge on any atom is -0.367 e. The number of fused-ring (bicyclic) bond motifs is 1. The first kappa shape index (κ1) is 15.8. The van der Waals surface area contributed by atoms with Crippen molar-refractivity contribution in [3.8, 4) is 0 Å². The van der Waals surface area contributed by atoms with Crippen LogP contribution >= 0.6 is 0 Å². The van der Waals surface area contributed by atoms with Gasteiger partial charge < -0.3 is 16.0 Å². The van der Waals surface area contributed by atoms with Gasteiger partial charge in [-0.05, 0) is 11.6 Å². The van der Waals surface area contributed by atoms with E-state index in [0.717, 1.165) is 16.5 Å². The van der Waals surface area contributed by atoms with E-state index in [1.165, 1.54) is 6.92 Å². The predicted molar refractivity (Wildman–Crippen MR) is 93.1 cm³/mol. The van der Waals surface area contributed by atoms with Crippen LogP contribution in [0.25, 0.3) is 10.9 Å². The molecule has 2 aromatic carbocycles. The molecule has 0 bridgehead atoms. The summed E-state index contributed by atoms with van der Waals surface area (Å²) in [5, 5.41) is 3.66. The molecule has 4 N–H and O–H groups in total. The first-order chi connectivity index (χ1) is 11.5. The maximum Gasteiger partial charge on any atom is 0.248 e. The quantitative estimate of drug-likeness (QED) is 0.673. The maximum atomic E-state index is 12.5. The third-order valence-corrected chi connectivity index (χ3v) is 4.17. The van der Waals surface area contributed by atoms with Crippen LogP contribution in [0.2, 0.25) is 0 Å². The summed E-state index contributed by atoms with van der Waals surface area (Å²) in [6, 6.07) is 17.1. The second kappa shape index (κ2) is 6.20. The van der Waals surface area contributed by atoms with Gasteiger partial charge in [-0.1, -0.05) is 48.5 Å². The molecule has 0 radical (unpaired) electrons. The van der Waals surface area contributed by atoms with Gasteiger partial charge in [0.2, 0.25) is 11.8 Å². The second-order valence-electron chi connectivity index (χ2n) is 5.86. The summed E-state index contributed by atoms with van der Waals surface area (Å²) in [4.78, 5) is 27.5. The Kier molecular flexibility index (Phi) is 4.08. The molecule has 122 valence electrons. The van der Waals surface area contributed by atoms with Gasteiger partial charge in [0.05, 0.1) is 0 Å². The number of primary amides is 1. The third kappa shape index (κ3) is 2.76. The van der Waals surface area contributed by atoms with E-state index in [2.05, 4.69) is 10.3 Å². The minimum absolute atomic E-state index is 0.282. The van der Waals surface area contributed by atoms with Gasteiger partial charge in [-0.3, -0.25) is 9.59 Å². The average Bonchev–Trinajstić information content (AvgIpc) is 2.99. The monoisotopic (exact) mass is 321 g/mol. The van der Waals surface area contributed by atoms with E-state index in [-0.39, 0.29) is 12.3 Å². The van der Waals surface area contributed by atoms with Crippen LogP contribution in [0.1, 0.15) is 18.1 Å². The number of nitrogens with one attached hydrogen (secondary N) is 2. The standard InChI is InChI=1S/C19H19N3O2/c1-13(23)22-19(18(20)24,11-14-7-3-2-4-8-14)16-12-21-17-10-6-5-9-15(16)17/h2-10,12,21H,11H2,1H3,(H2,20,24)(H,22,23). The number of hydrogen-bond acceptors (Lipinski definition) is 2. The molecule has 0 fully saturated rings. The van der Waals surface area contributed by atoms with Gasteiger partial charge in [-0.25, -0.2) is 0 Å². The third-order valence-electron chi connectivity index (χ3n) is 4.17. The van der Waals surface area contributed by atoms with Gasteiger partial charge in [0.15, 0.2) is 5.54 Å². The average molecular weight is 321 g/mol. The highest BCUT2D eigenvalue weighted by Gasteiger charge is 2.41. The lowest BCUT2D eigenvalue weighted by Crippen LogP contribution is -2.55. The zero-order valence-electron chi connectivity index (χ0n) is 13.4. The van der Waals surface area contributed by atoms with E-state index >= 15 is 0 Å². The molecule has 3 rings (SSSR count). The van der Waals surface area contributed by atoms with Gasteiger partial charge >= 0.3 is 0 Å². The number of rotatable bonds is 5. The van der Waals surface area contributed by atoms with E-state index in [1.54, 1.807) is 6.20 Å². The summed E-state index contributed by atoms with van der Waals surface area (Å²) in [7, 11) is 0. The van der Waals surface area contributed by atoms with Crippen LogP contribution in [0.3, 0.4) is 0 Å². The number of nitrogens with two attached hydrogens (primary N) is 1. The number of carbonyl (C=O) groups is 2. The Bertz CT molecular complexity index is 886. The molecule has 24 heavy (non-hydrogen) atoms. The van der Waals surface area contributed by atoms with Crippen molar-refractivity contribution in [3.05, 3.63) is 71.9 Å². The van der Waals surface area contributed by atoms with Crippen molar-refractivity contribution in [2.45, 2.75) is 18.9 Å². The fourth-order valence-corrected chi connectivity index (χ4v) is 3.12. The predicted octanol–water partition coefficient (Wildman–Crippen LogP) is 2.23. The Morgan fingerprint density at radius 1 is 1.08 bits per heavy atom. The zero-order chi connectivity index (χ0) is 17.2. The zero-order valence-corrected chi connectivity index (χ0v) is 13.4. The fraction of sp³-hybridized carbons (Fsp3) is 0.158. The fourth-order valence-electron chi connectivity index (χ4n) is 3.12. The topological polar surface area (TPSA) is 88.0 Å². The molecule has 0 aliphatic heterocycles. The highest BCUT2D eigenvalue weighted by molar-refractivity contribution is 5.97. The van der Waals surface area contributed by atoms with Crippen molar-refractivity contribution in [1.29, 1.82) is 0 Å². The summed E-state index contributed by atoms with van der Waals surface area (Å²) in [6.45, 7) is 1.39. The number of benzene rings is 2. The van der Waals surface area contributed by atoms with Crippen LogP contribution < -0.4 is 11.1 Å². The maximum absolute atomic E-state index is 12.5. The lowest BCUT2D eigenvalue weighted by Gasteiger charge is -2.31. The van der Waals surface area contributed by atoms with E-state index in [9.17, 15) is 9.59 Å². The van der Waals surface area contributed by atoms with Crippen LogP contribution in [0.5, 0.6) is 0 Å². The highest BCUT2D eigenvalue weighted by atomic mass is 16.2. The molecule has 5 nitrogen and oxygen atoms in total. The molecule has 5 heteroatoms. The van der Waals surface area contributed by atoms with Crippen LogP contribution in [0, 0.1) is 0 Å². The number of hydrogen-bond donors (Lipinski definition) is 3. The number of aromatic amines is 1. The van der Waals surface area contributed by atoms with Gasteiger partial charge in [0.1, 0.15) is 0 Å². The lowest BCUT2D eigenvalue weighted by molar-refractivity contribution is -0.131. The number of para-hydroxylation sites is 1. The van der Waals surface area contributed by atoms with Crippen molar-refractivity contribution in [2.24, 2.45) is 5.73 Å². The molecule has 1 unspecified atom stereocenters. The van der Waals surface area contributed by atoms with Crippen molar-refractivity contribution >= 4 is 22.7 Å². The summed E-state index contributed by atoms with van der Waals surface area (Å²) in [5.74, 6) is -0.902. The molecular formula is C19H19N3O2. The Balaban J connectivity index is 2.20. The molecule has 0 aliphatic carbocycles. The summed E-state index contributed by atoms with van der Waals surface area (Å²) < 4.78 is 0. The van der Waals surface area contributed by atoms with Crippen LogP contribution in [0.4, 0.5) is 0 Å². The molecule has 0 saturated carbocycles. The van der Waals surface area contributed by atoms with Crippen molar-refractivity contribution in [3.63, 3.8) is 0 Å². The SMILES string of the molecule is CC(=O)NC(Cc1ccccc1)(C(N)=O)c1c[nH]c2ccccc12. The largest absolute Gasteiger partial charge is 0.367 e.